The van der Waals surface area contributed by atoms with E-state index in [1.807, 2.05) is 24.4 Å². The largest absolute Gasteiger partial charge is 0.351 e. The molecule has 1 saturated heterocycles. The smallest absolute Gasteiger partial charge is 0.223 e. The number of rotatable bonds is 6. The Bertz CT molecular complexity index is 853. The van der Waals surface area contributed by atoms with Gasteiger partial charge in [0.15, 0.2) is 0 Å². The summed E-state index contributed by atoms with van der Waals surface area (Å²) in [4.78, 5) is 45.8. The SMILES string of the molecule is CC(=O)N1CCN(C(=O)CCC(=O)NCc2ccc(-c3csc(C)n3)s2)CC1. The number of thiazole rings is 1. The lowest BCUT2D eigenvalue weighted by molar-refractivity contribution is -0.139. The predicted molar refractivity (Wildman–Crippen MR) is 110 cm³/mol. The first-order valence-corrected chi connectivity index (χ1v) is 10.9. The maximum atomic E-state index is 12.3. The fourth-order valence-corrected chi connectivity index (χ4v) is 4.61. The minimum absolute atomic E-state index is 0.0318. The summed E-state index contributed by atoms with van der Waals surface area (Å²) >= 11 is 3.23. The molecule has 0 unspecified atom stereocenters. The minimum Gasteiger partial charge on any atom is -0.351 e. The summed E-state index contributed by atoms with van der Waals surface area (Å²) in [7, 11) is 0. The summed E-state index contributed by atoms with van der Waals surface area (Å²) in [5.41, 5.74) is 0.973. The highest BCUT2D eigenvalue weighted by atomic mass is 32.1. The highest BCUT2D eigenvalue weighted by Gasteiger charge is 2.22. The van der Waals surface area contributed by atoms with Crippen molar-refractivity contribution in [1.82, 2.24) is 20.1 Å². The zero-order valence-electron chi connectivity index (χ0n) is 16.1. The first kappa shape index (κ1) is 20.5. The molecule has 1 aliphatic rings. The number of hydrogen-bond donors (Lipinski definition) is 1. The molecule has 3 heterocycles. The van der Waals surface area contributed by atoms with Crippen LogP contribution in [0.3, 0.4) is 0 Å². The molecule has 0 aliphatic carbocycles. The lowest BCUT2D eigenvalue weighted by Crippen LogP contribution is -2.50. The normalized spacial score (nSPS) is 14.2. The van der Waals surface area contributed by atoms with Gasteiger partial charge in [0.25, 0.3) is 0 Å². The quantitative estimate of drug-likeness (QED) is 0.777. The Morgan fingerprint density at radius 2 is 1.82 bits per heavy atom. The third-order valence-corrected chi connectivity index (χ3v) is 6.52. The predicted octanol–water partition coefficient (Wildman–Crippen LogP) is 2.27. The molecule has 3 amide bonds. The van der Waals surface area contributed by atoms with Crippen molar-refractivity contribution in [1.29, 1.82) is 0 Å². The van der Waals surface area contributed by atoms with Crippen molar-refractivity contribution in [2.24, 2.45) is 0 Å². The molecule has 0 spiro atoms. The van der Waals surface area contributed by atoms with Crippen LogP contribution in [0.1, 0.15) is 29.7 Å². The van der Waals surface area contributed by atoms with Gasteiger partial charge in [0.05, 0.1) is 22.1 Å². The number of hydrogen-bond acceptors (Lipinski definition) is 6. The van der Waals surface area contributed by atoms with Gasteiger partial charge in [-0.25, -0.2) is 4.98 Å². The first-order chi connectivity index (χ1) is 13.4. The van der Waals surface area contributed by atoms with Gasteiger partial charge in [0.2, 0.25) is 17.7 Å². The average Bonchev–Trinajstić information content (AvgIpc) is 3.33. The average molecular weight is 421 g/mol. The Morgan fingerprint density at radius 1 is 1.11 bits per heavy atom. The van der Waals surface area contributed by atoms with Crippen LogP contribution in [0.15, 0.2) is 17.5 Å². The van der Waals surface area contributed by atoms with E-state index in [2.05, 4.69) is 10.3 Å². The van der Waals surface area contributed by atoms with E-state index in [4.69, 9.17) is 0 Å². The molecular formula is C19H24N4O3S2. The lowest BCUT2D eigenvalue weighted by atomic mass is 10.2. The third-order valence-electron chi connectivity index (χ3n) is 4.64. The minimum atomic E-state index is -0.129. The number of thiophene rings is 1. The van der Waals surface area contributed by atoms with Crippen LogP contribution in [0.4, 0.5) is 0 Å². The summed E-state index contributed by atoms with van der Waals surface area (Å²) in [6, 6.07) is 4.01. The van der Waals surface area contributed by atoms with Crippen LogP contribution in [0, 0.1) is 6.92 Å². The summed E-state index contributed by atoms with van der Waals surface area (Å²) in [5, 5.41) is 5.95. The van der Waals surface area contributed by atoms with Gasteiger partial charge in [-0.3, -0.25) is 14.4 Å². The number of piperazine rings is 1. The van der Waals surface area contributed by atoms with Crippen molar-refractivity contribution < 1.29 is 14.4 Å². The molecule has 0 bridgehead atoms. The van der Waals surface area contributed by atoms with E-state index < -0.39 is 0 Å². The summed E-state index contributed by atoms with van der Waals surface area (Å²) < 4.78 is 0. The molecule has 150 valence electrons. The van der Waals surface area contributed by atoms with Gasteiger partial charge in [0.1, 0.15) is 0 Å². The molecule has 3 rings (SSSR count). The van der Waals surface area contributed by atoms with Crippen LogP contribution in [0.5, 0.6) is 0 Å². The van der Waals surface area contributed by atoms with Gasteiger partial charge < -0.3 is 15.1 Å². The zero-order valence-corrected chi connectivity index (χ0v) is 17.7. The van der Waals surface area contributed by atoms with Crippen LogP contribution in [-0.2, 0) is 20.9 Å². The van der Waals surface area contributed by atoms with Crippen molar-refractivity contribution in [3.8, 4) is 10.6 Å². The van der Waals surface area contributed by atoms with E-state index in [0.717, 1.165) is 20.5 Å². The molecule has 0 saturated carbocycles. The second-order valence-electron chi connectivity index (χ2n) is 6.68. The number of carbonyl (C=O) groups excluding carboxylic acids is 3. The van der Waals surface area contributed by atoms with Gasteiger partial charge in [-0.05, 0) is 19.1 Å². The molecule has 2 aromatic rings. The molecule has 1 fully saturated rings. The van der Waals surface area contributed by atoms with E-state index in [-0.39, 0.29) is 30.6 Å². The molecule has 28 heavy (non-hydrogen) atoms. The Morgan fingerprint density at radius 3 is 2.46 bits per heavy atom. The third kappa shape index (κ3) is 5.39. The number of nitrogens with zero attached hydrogens (tertiary/aromatic N) is 3. The van der Waals surface area contributed by atoms with E-state index in [1.54, 1.807) is 32.5 Å². The Kier molecular flexibility index (Phi) is 6.79. The van der Waals surface area contributed by atoms with E-state index in [0.29, 0.717) is 32.7 Å². The van der Waals surface area contributed by atoms with Gasteiger partial charge in [0, 0.05) is 56.2 Å². The zero-order chi connectivity index (χ0) is 20.1. The fourth-order valence-electron chi connectivity index (χ4n) is 3.01. The monoisotopic (exact) mass is 420 g/mol. The Balaban J connectivity index is 1.38. The van der Waals surface area contributed by atoms with Crippen molar-refractivity contribution in [2.45, 2.75) is 33.2 Å². The molecule has 9 heteroatoms. The number of aryl methyl sites for hydroxylation is 1. The summed E-state index contributed by atoms with van der Waals surface area (Å²) in [5.74, 6) is -0.126. The first-order valence-electron chi connectivity index (χ1n) is 9.23. The number of carbonyl (C=O) groups is 3. The molecule has 7 nitrogen and oxygen atoms in total. The lowest BCUT2D eigenvalue weighted by Gasteiger charge is -2.34. The van der Waals surface area contributed by atoms with E-state index in [1.165, 1.54) is 6.92 Å². The highest BCUT2D eigenvalue weighted by molar-refractivity contribution is 7.16. The molecular weight excluding hydrogens is 396 g/mol. The van der Waals surface area contributed by atoms with E-state index >= 15 is 0 Å². The number of nitrogens with one attached hydrogen (secondary N) is 1. The van der Waals surface area contributed by atoms with Crippen LogP contribution in [0.2, 0.25) is 0 Å². The molecule has 1 aliphatic heterocycles. The molecule has 2 aromatic heterocycles. The maximum absolute atomic E-state index is 12.3. The molecule has 0 atom stereocenters. The van der Waals surface area contributed by atoms with Gasteiger partial charge >= 0.3 is 0 Å². The van der Waals surface area contributed by atoms with Gasteiger partial charge in [-0.1, -0.05) is 0 Å². The highest BCUT2D eigenvalue weighted by Crippen LogP contribution is 2.28. The van der Waals surface area contributed by atoms with Crippen molar-refractivity contribution >= 4 is 40.4 Å². The molecule has 1 N–H and O–H groups in total. The Hall–Kier alpha value is -2.26. The van der Waals surface area contributed by atoms with Gasteiger partial charge in [-0.2, -0.15) is 0 Å². The van der Waals surface area contributed by atoms with Crippen LogP contribution < -0.4 is 5.32 Å². The summed E-state index contributed by atoms with van der Waals surface area (Å²) in [6.45, 7) is 6.17. The standard InChI is InChI=1S/C19H24N4O3S2/c1-13-21-16(12-27-13)17-4-3-15(28-17)11-20-18(25)5-6-19(26)23-9-7-22(8-10-23)14(2)24/h3-4,12H,5-11H2,1-2H3,(H,20,25). The fraction of sp³-hybridized carbons (Fsp3) is 0.474. The number of amides is 3. The number of aromatic nitrogens is 1. The second-order valence-corrected chi connectivity index (χ2v) is 8.91. The van der Waals surface area contributed by atoms with Crippen LogP contribution in [0.25, 0.3) is 10.6 Å². The van der Waals surface area contributed by atoms with Crippen LogP contribution >= 0.6 is 22.7 Å². The van der Waals surface area contributed by atoms with Gasteiger partial charge in [-0.15, -0.1) is 22.7 Å². The van der Waals surface area contributed by atoms with Crippen molar-refractivity contribution in [3.05, 3.63) is 27.4 Å². The van der Waals surface area contributed by atoms with Crippen molar-refractivity contribution in [3.63, 3.8) is 0 Å². The maximum Gasteiger partial charge on any atom is 0.223 e. The van der Waals surface area contributed by atoms with Crippen LogP contribution in [-0.4, -0.2) is 58.7 Å². The second kappa shape index (κ2) is 9.29. The topological polar surface area (TPSA) is 82.6 Å². The Labute approximate surface area is 172 Å². The van der Waals surface area contributed by atoms with E-state index in [9.17, 15) is 14.4 Å². The van der Waals surface area contributed by atoms with Crippen molar-refractivity contribution in [2.75, 3.05) is 26.2 Å². The molecule has 0 aromatic carbocycles. The molecule has 0 radical (unpaired) electrons. The summed E-state index contributed by atoms with van der Waals surface area (Å²) in [6.07, 6.45) is 0.370.